The van der Waals surface area contributed by atoms with E-state index in [1.54, 1.807) is 7.11 Å². The minimum atomic E-state index is 0.826. The first-order valence-corrected chi connectivity index (χ1v) is 7.07. The summed E-state index contributed by atoms with van der Waals surface area (Å²) in [5, 5.41) is 3.55. The summed E-state index contributed by atoms with van der Waals surface area (Å²) >= 11 is 0. The number of rotatable bonds is 4. The highest BCUT2D eigenvalue weighted by molar-refractivity contribution is 5.57. The standard InChI is InChI=1S/C16H25NO/c1-12-4-7-14(8-5-12)11-17-15-9-6-13(2)10-16(15)18-3/h6,9-10,12,14,17H,4-5,7-8,11H2,1-3H3. The van der Waals surface area contributed by atoms with Crippen LogP contribution in [0.4, 0.5) is 5.69 Å². The Morgan fingerprint density at radius 2 is 1.94 bits per heavy atom. The normalized spacial score (nSPS) is 23.7. The van der Waals surface area contributed by atoms with Gasteiger partial charge in [-0.25, -0.2) is 0 Å². The van der Waals surface area contributed by atoms with E-state index in [0.29, 0.717) is 0 Å². The smallest absolute Gasteiger partial charge is 0.142 e. The quantitative estimate of drug-likeness (QED) is 0.859. The van der Waals surface area contributed by atoms with Gasteiger partial charge in [-0.15, -0.1) is 0 Å². The van der Waals surface area contributed by atoms with Gasteiger partial charge >= 0.3 is 0 Å². The van der Waals surface area contributed by atoms with Gasteiger partial charge in [0.15, 0.2) is 0 Å². The number of nitrogens with one attached hydrogen (secondary N) is 1. The van der Waals surface area contributed by atoms with E-state index in [9.17, 15) is 0 Å². The second kappa shape index (κ2) is 6.12. The van der Waals surface area contributed by atoms with E-state index in [1.165, 1.54) is 31.2 Å². The first kappa shape index (κ1) is 13.3. The van der Waals surface area contributed by atoms with Gasteiger partial charge in [0.2, 0.25) is 0 Å². The van der Waals surface area contributed by atoms with Crippen LogP contribution < -0.4 is 10.1 Å². The molecule has 0 spiro atoms. The molecule has 1 saturated carbocycles. The number of benzene rings is 1. The molecule has 0 heterocycles. The highest BCUT2D eigenvalue weighted by atomic mass is 16.5. The molecule has 2 heteroatoms. The minimum absolute atomic E-state index is 0.826. The molecule has 0 saturated heterocycles. The molecule has 18 heavy (non-hydrogen) atoms. The third-order valence-corrected chi connectivity index (χ3v) is 4.07. The Bertz CT molecular complexity index is 381. The summed E-state index contributed by atoms with van der Waals surface area (Å²) in [7, 11) is 1.74. The lowest BCUT2D eigenvalue weighted by molar-refractivity contribution is 0.300. The zero-order valence-corrected chi connectivity index (χ0v) is 11.8. The minimum Gasteiger partial charge on any atom is -0.495 e. The zero-order valence-electron chi connectivity index (χ0n) is 11.8. The lowest BCUT2D eigenvalue weighted by Gasteiger charge is -2.26. The van der Waals surface area contributed by atoms with Gasteiger partial charge in [0.1, 0.15) is 5.75 Å². The van der Waals surface area contributed by atoms with Crippen molar-refractivity contribution in [1.82, 2.24) is 0 Å². The van der Waals surface area contributed by atoms with Crippen LogP contribution in [0.15, 0.2) is 18.2 Å². The van der Waals surface area contributed by atoms with Gasteiger partial charge in [0, 0.05) is 6.54 Å². The van der Waals surface area contributed by atoms with E-state index in [2.05, 4.69) is 37.4 Å². The van der Waals surface area contributed by atoms with Gasteiger partial charge in [0.25, 0.3) is 0 Å². The van der Waals surface area contributed by atoms with E-state index < -0.39 is 0 Å². The Hall–Kier alpha value is -1.18. The molecule has 1 fully saturated rings. The van der Waals surface area contributed by atoms with Crippen LogP contribution in [-0.2, 0) is 0 Å². The lowest BCUT2D eigenvalue weighted by atomic mass is 9.83. The first-order valence-electron chi connectivity index (χ1n) is 7.07. The Kier molecular flexibility index (Phi) is 4.51. The van der Waals surface area contributed by atoms with Crippen LogP contribution in [0.5, 0.6) is 5.75 Å². The molecule has 0 amide bonds. The summed E-state index contributed by atoms with van der Waals surface area (Å²) in [4.78, 5) is 0. The van der Waals surface area contributed by atoms with Gasteiger partial charge in [-0.1, -0.05) is 25.8 Å². The van der Waals surface area contributed by atoms with Crippen LogP contribution in [0.3, 0.4) is 0 Å². The van der Waals surface area contributed by atoms with Crippen molar-refractivity contribution in [3.63, 3.8) is 0 Å². The number of ether oxygens (including phenoxy) is 1. The van der Waals surface area contributed by atoms with Crippen molar-refractivity contribution in [3.8, 4) is 5.75 Å². The third-order valence-electron chi connectivity index (χ3n) is 4.07. The maximum atomic E-state index is 5.42. The fourth-order valence-corrected chi connectivity index (χ4v) is 2.73. The molecular formula is C16H25NO. The highest BCUT2D eigenvalue weighted by Gasteiger charge is 2.18. The molecule has 2 rings (SSSR count). The van der Waals surface area contributed by atoms with Crippen molar-refractivity contribution in [2.75, 3.05) is 19.0 Å². The molecule has 0 aliphatic heterocycles. The van der Waals surface area contributed by atoms with Crippen LogP contribution >= 0.6 is 0 Å². The molecule has 100 valence electrons. The molecule has 0 aromatic heterocycles. The average Bonchev–Trinajstić information content (AvgIpc) is 2.39. The van der Waals surface area contributed by atoms with Crippen molar-refractivity contribution in [3.05, 3.63) is 23.8 Å². The Balaban J connectivity index is 1.90. The van der Waals surface area contributed by atoms with Crippen molar-refractivity contribution < 1.29 is 4.74 Å². The van der Waals surface area contributed by atoms with Crippen LogP contribution in [0.1, 0.15) is 38.2 Å². The van der Waals surface area contributed by atoms with Crippen LogP contribution in [-0.4, -0.2) is 13.7 Å². The molecule has 1 N–H and O–H groups in total. The SMILES string of the molecule is COc1cc(C)ccc1NCC1CCC(C)CC1. The van der Waals surface area contributed by atoms with Gasteiger partial charge in [0.05, 0.1) is 12.8 Å². The fraction of sp³-hybridized carbons (Fsp3) is 0.625. The first-order chi connectivity index (χ1) is 8.69. The number of aryl methyl sites for hydroxylation is 1. The molecule has 1 aromatic carbocycles. The molecule has 1 aromatic rings. The molecule has 0 bridgehead atoms. The third kappa shape index (κ3) is 3.41. The molecule has 0 atom stereocenters. The maximum Gasteiger partial charge on any atom is 0.142 e. The summed E-state index contributed by atoms with van der Waals surface area (Å²) < 4.78 is 5.42. The number of hydrogen-bond donors (Lipinski definition) is 1. The van der Waals surface area contributed by atoms with E-state index in [1.807, 2.05) is 0 Å². The topological polar surface area (TPSA) is 21.3 Å². The van der Waals surface area contributed by atoms with Gasteiger partial charge in [-0.2, -0.15) is 0 Å². The predicted molar refractivity (Wildman–Crippen MR) is 77.3 cm³/mol. The average molecular weight is 247 g/mol. The van der Waals surface area contributed by atoms with Crippen LogP contribution in [0, 0.1) is 18.8 Å². The molecule has 0 radical (unpaired) electrons. The van der Waals surface area contributed by atoms with E-state index in [4.69, 9.17) is 4.74 Å². The van der Waals surface area contributed by atoms with Gasteiger partial charge in [-0.05, 0) is 49.3 Å². The summed E-state index contributed by atoms with van der Waals surface area (Å²) in [6.07, 6.45) is 5.50. The molecule has 2 nitrogen and oxygen atoms in total. The molecule has 1 aliphatic carbocycles. The van der Waals surface area contributed by atoms with Crippen LogP contribution in [0.25, 0.3) is 0 Å². The van der Waals surface area contributed by atoms with E-state index in [-0.39, 0.29) is 0 Å². The second-order valence-electron chi connectivity index (χ2n) is 5.71. The highest BCUT2D eigenvalue weighted by Crippen LogP contribution is 2.30. The number of anilines is 1. The number of hydrogen-bond acceptors (Lipinski definition) is 2. The summed E-state index contributed by atoms with van der Waals surface area (Å²) in [5.41, 5.74) is 2.37. The van der Waals surface area contributed by atoms with Crippen molar-refractivity contribution in [2.24, 2.45) is 11.8 Å². The van der Waals surface area contributed by atoms with Gasteiger partial charge < -0.3 is 10.1 Å². The van der Waals surface area contributed by atoms with E-state index in [0.717, 1.165) is 29.8 Å². The maximum absolute atomic E-state index is 5.42. The second-order valence-corrected chi connectivity index (χ2v) is 5.71. The Morgan fingerprint density at radius 3 is 2.61 bits per heavy atom. The summed E-state index contributed by atoms with van der Waals surface area (Å²) in [5.74, 6) is 2.71. The van der Waals surface area contributed by atoms with Crippen molar-refractivity contribution in [2.45, 2.75) is 39.5 Å². The summed E-state index contributed by atoms with van der Waals surface area (Å²) in [6, 6.07) is 6.35. The molecule has 0 unspecified atom stereocenters. The number of methoxy groups -OCH3 is 1. The Labute approximate surface area is 111 Å². The van der Waals surface area contributed by atoms with Crippen molar-refractivity contribution in [1.29, 1.82) is 0 Å². The summed E-state index contributed by atoms with van der Waals surface area (Å²) in [6.45, 7) is 5.54. The van der Waals surface area contributed by atoms with Crippen molar-refractivity contribution >= 4 is 5.69 Å². The zero-order chi connectivity index (χ0) is 13.0. The monoisotopic (exact) mass is 247 g/mol. The molecule has 1 aliphatic rings. The predicted octanol–water partition coefficient (Wildman–Crippen LogP) is 4.24. The van der Waals surface area contributed by atoms with Gasteiger partial charge in [-0.3, -0.25) is 0 Å². The fourth-order valence-electron chi connectivity index (χ4n) is 2.73. The van der Waals surface area contributed by atoms with Crippen LogP contribution in [0.2, 0.25) is 0 Å². The largest absolute Gasteiger partial charge is 0.495 e. The molecular weight excluding hydrogens is 222 g/mol. The lowest BCUT2D eigenvalue weighted by Crippen LogP contribution is -2.20. The van der Waals surface area contributed by atoms with E-state index >= 15 is 0 Å². The Morgan fingerprint density at radius 1 is 1.22 bits per heavy atom.